The third-order valence-corrected chi connectivity index (χ3v) is 3.30. The van der Waals surface area contributed by atoms with Crippen molar-refractivity contribution in [3.05, 3.63) is 47.3 Å². The van der Waals surface area contributed by atoms with Crippen molar-refractivity contribution in [3.8, 4) is 0 Å². The van der Waals surface area contributed by atoms with Gasteiger partial charge in [0, 0.05) is 0 Å². The zero-order valence-corrected chi connectivity index (χ0v) is 12.2. The van der Waals surface area contributed by atoms with Crippen LogP contribution in [0.5, 0.6) is 0 Å². The highest BCUT2D eigenvalue weighted by Gasteiger charge is 2.25. The van der Waals surface area contributed by atoms with E-state index in [4.69, 9.17) is 4.74 Å². The van der Waals surface area contributed by atoms with Gasteiger partial charge in [0.2, 0.25) is 0 Å². The fraction of sp³-hybridized carbons (Fsp3) is 0.400. The fourth-order valence-electron chi connectivity index (χ4n) is 2.24. The number of nitrogens with zero attached hydrogens (tertiary/aromatic N) is 3. The molecule has 1 aromatic heterocycles. The molecule has 5 heteroatoms. The lowest BCUT2D eigenvalue weighted by atomic mass is 10.0. The number of rotatable bonds is 4. The summed E-state index contributed by atoms with van der Waals surface area (Å²) >= 11 is 0. The normalized spacial score (nSPS) is 12.4. The number of hydrogen-bond donors (Lipinski definition) is 0. The Labute approximate surface area is 118 Å². The molecule has 1 unspecified atom stereocenters. The Balaban J connectivity index is 2.47. The van der Waals surface area contributed by atoms with Crippen LogP contribution in [0.4, 0.5) is 0 Å². The second-order valence-corrected chi connectivity index (χ2v) is 5.00. The molecule has 1 heterocycles. The van der Waals surface area contributed by atoms with Crippen molar-refractivity contribution in [2.75, 3.05) is 7.11 Å². The van der Waals surface area contributed by atoms with Gasteiger partial charge in [-0.1, -0.05) is 49.4 Å². The summed E-state index contributed by atoms with van der Waals surface area (Å²) in [5.74, 6) is -0.314. The van der Waals surface area contributed by atoms with Crippen LogP contribution in [0, 0.1) is 0 Å². The van der Waals surface area contributed by atoms with Crippen molar-refractivity contribution < 1.29 is 9.53 Å². The van der Waals surface area contributed by atoms with Gasteiger partial charge in [0.25, 0.3) is 0 Å². The first kappa shape index (κ1) is 14.2. The van der Waals surface area contributed by atoms with Crippen molar-refractivity contribution in [2.45, 2.75) is 32.7 Å². The predicted molar refractivity (Wildman–Crippen MR) is 75.7 cm³/mol. The van der Waals surface area contributed by atoms with Crippen LogP contribution in [0.3, 0.4) is 0 Å². The molecule has 0 N–H and O–H groups in total. The average molecular weight is 273 g/mol. The first-order chi connectivity index (χ1) is 9.56. The molecule has 0 amide bonds. The Hall–Kier alpha value is -2.17. The highest BCUT2D eigenvalue weighted by molar-refractivity contribution is 5.88. The first-order valence-corrected chi connectivity index (χ1v) is 6.64. The number of methoxy groups -OCH3 is 1. The highest BCUT2D eigenvalue weighted by atomic mass is 16.5. The predicted octanol–water partition coefficient (Wildman–Crippen LogP) is 2.80. The summed E-state index contributed by atoms with van der Waals surface area (Å²) in [6.45, 7) is 6.07. The lowest BCUT2D eigenvalue weighted by Crippen LogP contribution is -2.15. The third kappa shape index (κ3) is 2.57. The van der Waals surface area contributed by atoms with Gasteiger partial charge < -0.3 is 4.74 Å². The largest absolute Gasteiger partial charge is 0.464 e. The molecule has 1 atom stereocenters. The van der Waals surface area contributed by atoms with E-state index in [1.807, 2.05) is 51.1 Å². The van der Waals surface area contributed by atoms with Crippen molar-refractivity contribution >= 4 is 5.97 Å². The topological polar surface area (TPSA) is 57.0 Å². The summed E-state index contributed by atoms with van der Waals surface area (Å²) in [5.41, 5.74) is 2.22. The van der Waals surface area contributed by atoms with Crippen LogP contribution in [0.1, 0.15) is 54.5 Å². The van der Waals surface area contributed by atoms with Gasteiger partial charge in [0.1, 0.15) is 0 Å². The van der Waals surface area contributed by atoms with Gasteiger partial charge in [-0.2, -0.15) is 0 Å². The maximum Gasteiger partial charge on any atom is 0.360 e. The molecule has 106 valence electrons. The summed E-state index contributed by atoms with van der Waals surface area (Å²) in [6, 6.07) is 10.0. The molecule has 2 rings (SSSR count). The van der Waals surface area contributed by atoms with Gasteiger partial charge in [-0.25, -0.2) is 9.48 Å². The number of esters is 1. The van der Waals surface area contributed by atoms with Crippen LogP contribution in [0.2, 0.25) is 0 Å². The van der Waals surface area contributed by atoms with E-state index in [0.29, 0.717) is 5.69 Å². The van der Waals surface area contributed by atoms with Gasteiger partial charge in [-0.15, -0.1) is 5.10 Å². The molecule has 1 aromatic carbocycles. The number of benzene rings is 1. The second-order valence-electron chi connectivity index (χ2n) is 5.00. The van der Waals surface area contributed by atoms with Gasteiger partial charge in [-0.3, -0.25) is 0 Å². The zero-order chi connectivity index (χ0) is 14.7. The summed E-state index contributed by atoms with van der Waals surface area (Å²) in [7, 11) is 1.35. The van der Waals surface area contributed by atoms with Crippen LogP contribution in [0.25, 0.3) is 0 Å². The molecule has 5 nitrogen and oxygen atoms in total. The van der Waals surface area contributed by atoms with Gasteiger partial charge in [0.05, 0.1) is 18.8 Å². The molecule has 0 aliphatic heterocycles. The number of ether oxygens (including phenoxy) is 1. The monoisotopic (exact) mass is 273 g/mol. The summed E-state index contributed by atoms with van der Waals surface area (Å²) in [6.07, 6.45) is 0. The van der Waals surface area contributed by atoms with Gasteiger partial charge in [0.15, 0.2) is 5.69 Å². The Kier molecular flexibility index (Phi) is 4.17. The molecule has 0 saturated carbocycles. The van der Waals surface area contributed by atoms with E-state index < -0.39 is 5.97 Å². The van der Waals surface area contributed by atoms with E-state index in [1.165, 1.54) is 7.11 Å². The molecule has 0 fully saturated rings. The van der Waals surface area contributed by atoms with Crippen LogP contribution in [-0.2, 0) is 4.74 Å². The van der Waals surface area contributed by atoms with Gasteiger partial charge >= 0.3 is 5.97 Å². The lowest BCUT2D eigenvalue weighted by molar-refractivity contribution is 0.0592. The zero-order valence-electron chi connectivity index (χ0n) is 12.2. The van der Waals surface area contributed by atoms with Crippen molar-refractivity contribution in [3.63, 3.8) is 0 Å². The molecule has 0 bridgehead atoms. The molecule has 0 radical (unpaired) electrons. The average Bonchev–Trinajstić information content (AvgIpc) is 2.91. The Morgan fingerprint density at radius 2 is 1.85 bits per heavy atom. The summed E-state index contributed by atoms with van der Waals surface area (Å²) < 4.78 is 6.57. The summed E-state index contributed by atoms with van der Waals surface area (Å²) in [4.78, 5) is 11.8. The van der Waals surface area contributed by atoms with Crippen molar-refractivity contribution in [2.24, 2.45) is 0 Å². The molecule has 0 spiro atoms. The van der Waals surface area contributed by atoms with Crippen LogP contribution >= 0.6 is 0 Å². The minimum atomic E-state index is -0.444. The maximum atomic E-state index is 11.8. The molecule has 0 aliphatic rings. The molecular formula is C15H19N3O2. The number of aromatic nitrogens is 3. The molecule has 0 aliphatic carbocycles. The first-order valence-electron chi connectivity index (χ1n) is 6.64. The SMILES string of the molecule is COC(=O)c1nnn(C(C)c2ccccc2)c1C(C)C. The van der Waals surface area contributed by atoms with E-state index >= 15 is 0 Å². The maximum absolute atomic E-state index is 11.8. The lowest BCUT2D eigenvalue weighted by Gasteiger charge is -2.17. The Bertz CT molecular complexity index is 590. The smallest absolute Gasteiger partial charge is 0.360 e. The second kappa shape index (κ2) is 5.86. The number of carbonyl (C=O) groups excluding carboxylic acids is 1. The third-order valence-electron chi connectivity index (χ3n) is 3.30. The fourth-order valence-corrected chi connectivity index (χ4v) is 2.24. The van der Waals surface area contributed by atoms with E-state index in [-0.39, 0.29) is 12.0 Å². The van der Waals surface area contributed by atoms with E-state index in [0.717, 1.165) is 11.3 Å². The molecule has 20 heavy (non-hydrogen) atoms. The minimum Gasteiger partial charge on any atom is -0.464 e. The minimum absolute atomic E-state index is 0.0134. The van der Waals surface area contributed by atoms with Crippen molar-refractivity contribution in [1.29, 1.82) is 0 Å². The van der Waals surface area contributed by atoms with Crippen molar-refractivity contribution in [1.82, 2.24) is 15.0 Å². The van der Waals surface area contributed by atoms with E-state index in [9.17, 15) is 4.79 Å². The molecule has 0 saturated heterocycles. The van der Waals surface area contributed by atoms with E-state index in [1.54, 1.807) is 4.68 Å². The van der Waals surface area contributed by atoms with Crippen LogP contribution in [-0.4, -0.2) is 28.1 Å². The highest BCUT2D eigenvalue weighted by Crippen LogP contribution is 2.25. The number of carbonyl (C=O) groups is 1. The quantitative estimate of drug-likeness (QED) is 0.804. The Morgan fingerprint density at radius 3 is 2.40 bits per heavy atom. The Morgan fingerprint density at radius 1 is 1.20 bits per heavy atom. The standard InChI is InChI=1S/C15H19N3O2/c1-10(2)14-13(15(19)20-4)16-17-18(14)11(3)12-8-6-5-7-9-12/h5-11H,1-4H3. The van der Waals surface area contributed by atoms with Gasteiger partial charge in [-0.05, 0) is 18.4 Å². The van der Waals surface area contributed by atoms with E-state index in [2.05, 4.69) is 10.3 Å². The van der Waals surface area contributed by atoms with Crippen LogP contribution in [0.15, 0.2) is 30.3 Å². The molecule has 2 aromatic rings. The number of hydrogen-bond acceptors (Lipinski definition) is 4. The molecular weight excluding hydrogens is 254 g/mol. The summed E-state index contributed by atoms with van der Waals surface area (Å²) in [5, 5.41) is 8.14. The van der Waals surface area contributed by atoms with Crippen LogP contribution < -0.4 is 0 Å².